The highest BCUT2D eigenvalue weighted by Crippen LogP contribution is 2.07. The molecule has 1 fully saturated rings. The number of piperazine rings is 1. The summed E-state index contributed by atoms with van der Waals surface area (Å²) in [5, 5.41) is 0. The first-order valence-corrected chi connectivity index (χ1v) is 8.31. The molecule has 2 amide bonds. The van der Waals surface area contributed by atoms with Crippen LogP contribution in [-0.4, -0.2) is 91.4 Å². The highest BCUT2D eigenvalue weighted by molar-refractivity contribution is 7.98. The lowest BCUT2D eigenvalue weighted by molar-refractivity contribution is -0.140. The van der Waals surface area contributed by atoms with Crippen molar-refractivity contribution in [3.63, 3.8) is 0 Å². The number of rotatable bonds is 6. The van der Waals surface area contributed by atoms with Crippen molar-refractivity contribution in [2.75, 3.05) is 58.8 Å². The van der Waals surface area contributed by atoms with Gasteiger partial charge < -0.3 is 20.4 Å². The SMILES string of the molecule is CSCC[C@H](N)C(=O)N1CCN(C(=O)CN(C)C)CC1. The Kier molecular flexibility index (Phi) is 7.32. The fourth-order valence-electron chi connectivity index (χ4n) is 2.15. The number of nitrogens with two attached hydrogens (primary N) is 1. The number of hydrogen-bond donors (Lipinski definition) is 1. The maximum Gasteiger partial charge on any atom is 0.239 e. The third-order valence-electron chi connectivity index (χ3n) is 3.35. The van der Waals surface area contributed by atoms with Gasteiger partial charge in [0.2, 0.25) is 11.8 Å². The molecule has 1 saturated heterocycles. The van der Waals surface area contributed by atoms with E-state index in [0.29, 0.717) is 39.1 Å². The van der Waals surface area contributed by atoms with E-state index in [0.717, 1.165) is 5.75 Å². The highest BCUT2D eigenvalue weighted by Gasteiger charge is 2.26. The molecule has 0 aromatic rings. The van der Waals surface area contributed by atoms with Crippen molar-refractivity contribution < 1.29 is 9.59 Å². The molecule has 0 aliphatic carbocycles. The summed E-state index contributed by atoms with van der Waals surface area (Å²) in [6.07, 6.45) is 2.71. The van der Waals surface area contributed by atoms with Crippen LogP contribution in [-0.2, 0) is 9.59 Å². The van der Waals surface area contributed by atoms with E-state index in [1.165, 1.54) is 0 Å². The van der Waals surface area contributed by atoms with E-state index in [1.807, 2.05) is 30.2 Å². The second-order valence-electron chi connectivity index (χ2n) is 5.33. The van der Waals surface area contributed by atoms with Crippen LogP contribution in [0.1, 0.15) is 6.42 Å². The molecule has 0 radical (unpaired) electrons. The van der Waals surface area contributed by atoms with Crippen LogP contribution in [0.25, 0.3) is 0 Å². The summed E-state index contributed by atoms with van der Waals surface area (Å²) < 4.78 is 0. The van der Waals surface area contributed by atoms with Crippen molar-refractivity contribution in [1.82, 2.24) is 14.7 Å². The van der Waals surface area contributed by atoms with E-state index in [9.17, 15) is 9.59 Å². The van der Waals surface area contributed by atoms with Gasteiger partial charge in [-0.25, -0.2) is 0 Å². The van der Waals surface area contributed by atoms with Gasteiger partial charge in [0.15, 0.2) is 0 Å². The van der Waals surface area contributed by atoms with Crippen LogP contribution in [0.4, 0.5) is 0 Å². The summed E-state index contributed by atoms with van der Waals surface area (Å²) in [5.74, 6) is 1.03. The number of amides is 2. The molecule has 0 saturated carbocycles. The molecule has 2 N–H and O–H groups in total. The molecule has 1 heterocycles. The van der Waals surface area contributed by atoms with E-state index in [2.05, 4.69) is 0 Å². The molecule has 6 nitrogen and oxygen atoms in total. The Labute approximate surface area is 125 Å². The lowest BCUT2D eigenvalue weighted by Gasteiger charge is -2.36. The molecule has 0 aromatic carbocycles. The van der Waals surface area contributed by atoms with Crippen LogP contribution >= 0.6 is 11.8 Å². The summed E-state index contributed by atoms with van der Waals surface area (Å²) in [5.41, 5.74) is 5.90. The Morgan fingerprint density at radius 1 is 1.20 bits per heavy atom. The summed E-state index contributed by atoms with van der Waals surface area (Å²) in [7, 11) is 3.75. The minimum absolute atomic E-state index is 0.0127. The van der Waals surface area contributed by atoms with Gasteiger partial charge in [0.25, 0.3) is 0 Å². The summed E-state index contributed by atoms with van der Waals surface area (Å²) in [6, 6.07) is -0.411. The van der Waals surface area contributed by atoms with Gasteiger partial charge in [-0.15, -0.1) is 0 Å². The second-order valence-corrected chi connectivity index (χ2v) is 6.32. The lowest BCUT2D eigenvalue weighted by atomic mass is 10.2. The van der Waals surface area contributed by atoms with E-state index in [-0.39, 0.29) is 11.8 Å². The van der Waals surface area contributed by atoms with Crippen molar-refractivity contribution in [3.8, 4) is 0 Å². The van der Waals surface area contributed by atoms with Gasteiger partial charge in [0.1, 0.15) is 0 Å². The third kappa shape index (κ3) is 5.30. The minimum atomic E-state index is -0.411. The van der Waals surface area contributed by atoms with Gasteiger partial charge in [-0.1, -0.05) is 0 Å². The van der Waals surface area contributed by atoms with Crippen molar-refractivity contribution >= 4 is 23.6 Å². The number of nitrogens with zero attached hydrogens (tertiary/aromatic N) is 3. The average Bonchev–Trinajstić information content (AvgIpc) is 2.43. The van der Waals surface area contributed by atoms with Crippen molar-refractivity contribution in [2.45, 2.75) is 12.5 Å². The number of carbonyl (C=O) groups is 2. The smallest absolute Gasteiger partial charge is 0.239 e. The standard InChI is InChI=1S/C13H26N4O2S/c1-15(2)10-12(18)16-5-7-17(8-6-16)13(19)11(14)4-9-20-3/h11H,4-10,14H2,1-3H3/t11-/m0/s1. The quantitative estimate of drug-likeness (QED) is 0.702. The number of likely N-dealkylation sites (N-methyl/N-ethyl adjacent to an activating group) is 1. The normalized spacial score (nSPS) is 17.4. The van der Waals surface area contributed by atoms with E-state index < -0.39 is 6.04 Å². The van der Waals surface area contributed by atoms with E-state index in [4.69, 9.17) is 5.73 Å². The molecule has 1 atom stereocenters. The maximum atomic E-state index is 12.1. The number of hydrogen-bond acceptors (Lipinski definition) is 5. The van der Waals surface area contributed by atoms with Crippen molar-refractivity contribution in [1.29, 1.82) is 0 Å². The Bertz CT molecular complexity index is 330. The third-order valence-corrected chi connectivity index (χ3v) is 3.99. The number of carbonyl (C=O) groups excluding carboxylic acids is 2. The fourth-order valence-corrected chi connectivity index (χ4v) is 2.64. The van der Waals surface area contributed by atoms with Crippen LogP contribution in [0.15, 0.2) is 0 Å². The molecule has 1 rings (SSSR count). The molecule has 0 unspecified atom stereocenters. The van der Waals surface area contributed by atoms with Gasteiger partial charge in [-0.05, 0) is 32.5 Å². The van der Waals surface area contributed by atoms with E-state index in [1.54, 1.807) is 16.7 Å². The minimum Gasteiger partial charge on any atom is -0.338 e. The van der Waals surface area contributed by atoms with Gasteiger partial charge >= 0.3 is 0 Å². The van der Waals surface area contributed by atoms with Crippen LogP contribution in [0.2, 0.25) is 0 Å². The average molecular weight is 302 g/mol. The van der Waals surface area contributed by atoms with Gasteiger partial charge in [0.05, 0.1) is 12.6 Å². The largest absolute Gasteiger partial charge is 0.338 e. The maximum absolute atomic E-state index is 12.1. The molecule has 0 spiro atoms. The summed E-state index contributed by atoms with van der Waals surface area (Å²) in [4.78, 5) is 29.5. The molecular formula is C13H26N4O2S. The Morgan fingerprint density at radius 2 is 1.75 bits per heavy atom. The zero-order valence-corrected chi connectivity index (χ0v) is 13.5. The first-order chi connectivity index (χ1) is 9.45. The van der Waals surface area contributed by atoms with Gasteiger partial charge in [-0.2, -0.15) is 11.8 Å². The zero-order chi connectivity index (χ0) is 15.1. The highest BCUT2D eigenvalue weighted by atomic mass is 32.2. The second kappa shape index (κ2) is 8.49. The molecule has 0 bridgehead atoms. The number of thioether (sulfide) groups is 1. The molecule has 0 aromatic heterocycles. The molecule has 1 aliphatic heterocycles. The predicted molar refractivity (Wildman–Crippen MR) is 82.7 cm³/mol. The van der Waals surface area contributed by atoms with E-state index >= 15 is 0 Å². The molecule has 116 valence electrons. The predicted octanol–water partition coefficient (Wildman–Crippen LogP) is -0.701. The van der Waals surface area contributed by atoms with Crippen LogP contribution in [0.5, 0.6) is 0 Å². The van der Waals surface area contributed by atoms with Gasteiger partial charge in [-0.3, -0.25) is 9.59 Å². The molecule has 20 heavy (non-hydrogen) atoms. The van der Waals surface area contributed by atoms with Crippen molar-refractivity contribution in [2.24, 2.45) is 5.73 Å². The van der Waals surface area contributed by atoms with Crippen LogP contribution in [0.3, 0.4) is 0 Å². The molecular weight excluding hydrogens is 276 g/mol. The van der Waals surface area contributed by atoms with Crippen LogP contribution < -0.4 is 5.73 Å². The first kappa shape index (κ1) is 17.3. The summed E-state index contributed by atoms with van der Waals surface area (Å²) in [6.45, 7) is 2.80. The molecule has 7 heteroatoms. The van der Waals surface area contributed by atoms with Gasteiger partial charge in [0, 0.05) is 26.2 Å². The lowest BCUT2D eigenvalue weighted by Crippen LogP contribution is -2.55. The fraction of sp³-hybridized carbons (Fsp3) is 0.846. The summed E-state index contributed by atoms with van der Waals surface area (Å²) >= 11 is 1.70. The Hall–Kier alpha value is -0.790. The topological polar surface area (TPSA) is 69.9 Å². The monoisotopic (exact) mass is 302 g/mol. The van der Waals surface area contributed by atoms with Crippen molar-refractivity contribution in [3.05, 3.63) is 0 Å². The molecule has 1 aliphatic rings. The Balaban J connectivity index is 2.38. The first-order valence-electron chi connectivity index (χ1n) is 6.91. The Morgan fingerprint density at radius 3 is 2.25 bits per heavy atom. The zero-order valence-electron chi connectivity index (χ0n) is 12.7. The van der Waals surface area contributed by atoms with Crippen LogP contribution in [0, 0.1) is 0 Å².